The summed E-state index contributed by atoms with van der Waals surface area (Å²) in [5.74, 6) is 0.341. The molecule has 24 heavy (non-hydrogen) atoms. The number of nitrogens with two attached hydrogens (primary N) is 1. The van der Waals surface area contributed by atoms with Gasteiger partial charge in [0.2, 0.25) is 5.91 Å². The van der Waals surface area contributed by atoms with Gasteiger partial charge in [0, 0.05) is 20.1 Å². The highest BCUT2D eigenvalue weighted by molar-refractivity contribution is 7.99. The second-order valence-corrected chi connectivity index (χ2v) is 5.85. The Labute approximate surface area is 143 Å². The standard InChI is InChI=1S/C15H19N5O3S/c1-23-8-7-20-12(9-11-5-3-2-4-6-11)18-19-15(20)24-10-13(21)17-14(16)22/h2-6H,7-10H2,1H3,(H3,16,17,21,22). The zero-order chi connectivity index (χ0) is 17.4. The predicted molar refractivity (Wildman–Crippen MR) is 89.6 cm³/mol. The quantitative estimate of drug-likeness (QED) is 0.682. The summed E-state index contributed by atoms with van der Waals surface area (Å²) in [6.45, 7) is 1.08. The van der Waals surface area contributed by atoms with Crippen molar-refractivity contribution >= 4 is 23.7 Å². The van der Waals surface area contributed by atoms with E-state index in [2.05, 4.69) is 10.2 Å². The number of nitrogens with zero attached hydrogens (tertiary/aromatic N) is 3. The third-order valence-electron chi connectivity index (χ3n) is 3.11. The number of rotatable bonds is 8. The van der Waals surface area contributed by atoms with Crippen LogP contribution >= 0.6 is 11.8 Å². The second-order valence-electron chi connectivity index (χ2n) is 4.91. The van der Waals surface area contributed by atoms with Crippen molar-refractivity contribution in [3.8, 4) is 0 Å². The molecule has 0 aliphatic rings. The number of methoxy groups -OCH3 is 1. The van der Waals surface area contributed by atoms with Gasteiger partial charge in [-0.3, -0.25) is 10.1 Å². The number of imide groups is 1. The average molecular weight is 349 g/mol. The molecule has 0 saturated heterocycles. The molecule has 1 heterocycles. The summed E-state index contributed by atoms with van der Waals surface area (Å²) >= 11 is 1.19. The van der Waals surface area contributed by atoms with Crippen molar-refractivity contribution in [2.75, 3.05) is 19.5 Å². The van der Waals surface area contributed by atoms with Gasteiger partial charge in [-0.2, -0.15) is 0 Å². The molecule has 0 aliphatic heterocycles. The summed E-state index contributed by atoms with van der Waals surface area (Å²) < 4.78 is 7.04. The molecule has 8 nitrogen and oxygen atoms in total. The fourth-order valence-electron chi connectivity index (χ4n) is 2.05. The molecule has 2 rings (SSSR count). The first-order valence-corrected chi connectivity index (χ1v) is 8.25. The van der Waals surface area contributed by atoms with Gasteiger partial charge in [0.25, 0.3) is 0 Å². The van der Waals surface area contributed by atoms with Gasteiger partial charge in [-0.15, -0.1) is 10.2 Å². The topological polar surface area (TPSA) is 112 Å². The van der Waals surface area contributed by atoms with Gasteiger partial charge in [-0.25, -0.2) is 4.79 Å². The zero-order valence-corrected chi connectivity index (χ0v) is 14.1. The molecule has 3 amide bonds. The van der Waals surface area contributed by atoms with Crippen LogP contribution in [0.25, 0.3) is 0 Å². The Balaban J connectivity index is 2.09. The molecule has 9 heteroatoms. The van der Waals surface area contributed by atoms with Crippen LogP contribution in [0, 0.1) is 0 Å². The molecule has 0 saturated carbocycles. The molecule has 2 aromatic rings. The summed E-state index contributed by atoms with van der Waals surface area (Å²) in [4.78, 5) is 22.2. The maximum Gasteiger partial charge on any atom is 0.318 e. The van der Waals surface area contributed by atoms with Crippen LogP contribution in [0.5, 0.6) is 0 Å². The van der Waals surface area contributed by atoms with E-state index in [-0.39, 0.29) is 5.75 Å². The molecule has 0 radical (unpaired) electrons. The molecule has 0 fully saturated rings. The van der Waals surface area contributed by atoms with E-state index in [0.717, 1.165) is 11.4 Å². The number of nitrogens with one attached hydrogen (secondary N) is 1. The highest BCUT2D eigenvalue weighted by Crippen LogP contribution is 2.18. The number of carbonyl (C=O) groups is 2. The third-order valence-corrected chi connectivity index (χ3v) is 4.08. The van der Waals surface area contributed by atoms with Crippen molar-refractivity contribution in [3.05, 3.63) is 41.7 Å². The van der Waals surface area contributed by atoms with Crippen LogP contribution in [0.1, 0.15) is 11.4 Å². The third kappa shape index (κ3) is 5.36. The summed E-state index contributed by atoms with van der Waals surface area (Å²) in [5.41, 5.74) is 6.04. The van der Waals surface area contributed by atoms with Crippen LogP contribution in [0.4, 0.5) is 4.79 Å². The predicted octanol–water partition coefficient (Wildman–Crippen LogP) is 0.802. The van der Waals surface area contributed by atoms with Crippen LogP contribution in [0.15, 0.2) is 35.5 Å². The average Bonchev–Trinajstić information content (AvgIpc) is 2.93. The van der Waals surface area contributed by atoms with Crippen molar-refractivity contribution in [1.82, 2.24) is 20.1 Å². The van der Waals surface area contributed by atoms with Crippen LogP contribution in [0.2, 0.25) is 0 Å². The Morgan fingerprint density at radius 2 is 2.04 bits per heavy atom. The van der Waals surface area contributed by atoms with E-state index in [1.807, 2.05) is 40.2 Å². The van der Waals surface area contributed by atoms with Gasteiger partial charge in [-0.1, -0.05) is 42.1 Å². The summed E-state index contributed by atoms with van der Waals surface area (Å²) in [6, 6.07) is 9.05. The van der Waals surface area contributed by atoms with Crippen LogP contribution in [0.3, 0.4) is 0 Å². The number of hydrogen-bond donors (Lipinski definition) is 2. The largest absolute Gasteiger partial charge is 0.383 e. The van der Waals surface area contributed by atoms with Crippen molar-refractivity contribution in [2.45, 2.75) is 18.1 Å². The molecule has 3 N–H and O–H groups in total. The van der Waals surface area contributed by atoms with E-state index in [9.17, 15) is 9.59 Å². The normalized spacial score (nSPS) is 10.5. The van der Waals surface area contributed by atoms with Gasteiger partial charge in [0.1, 0.15) is 5.82 Å². The Morgan fingerprint density at radius 1 is 1.29 bits per heavy atom. The van der Waals surface area contributed by atoms with Crippen molar-refractivity contribution in [1.29, 1.82) is 0 Å². The number of ether oxygens (including phenoxy) is 1. The SMILES string of the molecule is COCCn1c(Cc2ccccc2)nnc1SCC(=O)NC(N)=O. The Hall–Kier alpha value is -2.39. The summed E-state index contributed by atoms with van der Waals surface area (Å²) in [6.07, 6.45) is 0.631. The molecule has 1 aromatic carbocycles. The number of hydrogen-bond acceptors (Lipinski definition) is 6. The second kappa shape index (κ2) is 9.04. The lowest BCUT2D eigenvalue weighted by Gasteiger charge is -2.09. The van der Waals surface area contributed by atoms with Crippen molar-refractivity contribution in [2.24, 2.45) is 5.73 Å². The zero-order valence-electron chi connectivity index (χ0n) is 13.3. The number of aromatic nitrogens is 3. The molecular weight excluding hydrogens is 330 g/mol. The molecule has 1 aromatic heterocycles. The van der Waals surface area contributed by atoms with E-state index < -0.39 is 11.9 Å². The minimum absolute atomic E-state index is 0.0272. The molecular formula is C15H19N5O3S. The van der Waals surface area contributed by atoms with Gasteiger partial charge >= 0.3 is 6.03 Å². The Morgan fingerprint density at radius 3 is 2.71 bits per heavy atom. The molecule has 0 aliphatic carbocycles. The summed E-state index contributed by atoms with van der Waals surface area (Å²) in [7, 11) is 1.62. The maximum atomic E-state index is 11.5. The van der Waals surface area contributed by atoms with Crippen molar-refractivity contribution < 1.29 is 14.3 Å². The molecule has 128 valence electrons. The van der Waals surface area contributed by atoms with Gasteiger partial charge in [0.05, 0.1) is 12.4 Å². The van der Waals surface area contributed by atoms with Gasteiger partial charge in [0.15, 0.2) is 5.16 Å². The lowest BCUT2D eigenvalue weighted by Crippen LogP contribution is -2.36. The number of amides is 3. The lowest BCUT2D eigenvalue weighted by molar-refractivity contribution is -0.117. The molecule has 0 unspecified atom stereocenters. The fourth-order valence-corrected chi connectivity index (χ4v) is 2.83. The molecule has 0 atom stereocenters. The Bertz CT molecular complexity index is 690. The van der Waals surface area contributed by atoms with E-state index in [0.29, 0.717) is 24.7 Å². The van der Waals surface area contributed by atoms with Crippen LogP contribution in [-0.4, -0.2) is 46.2 Å². The van der Waals surface area contributed by atoms with Crippen LogP contribution in [-0.2, 0) is 22.5 Å². The number of urea groups is 1. The highest BCUT2D eigenvalue weighted by Gasteiger charge is 2.15. The van der Waals surface area contributed by atoms with E-state index in [4.69, 9.17) is 10.5 Å². The first-order valence-electron chi connectivity index (χ1n) is 7.27. The van der Waals surface area contributed by atoms with Crippen molar-refractivity contribution in [3.63, 3.8) is 0 Å². The fraction of sp³-hybridized carbons (Fsp3) is 0.333. The number of thioether (sulfide) groups is 1. The van der Waals surface area contributed by atoms with Gasteiger partial charge < -0.3 is 15.0 Å². The first kappa shape index (κ1) is 18.0. The highest BCUT2D eigenvalue weighted by atomic mass is 32.2. The number of benzene rings is 1. The monoisotopic (exact) mass is 349 g/mol. The van der Waals surface area contributed by atoms with E-state index in [1.54, 1.807) is 7.11 Å². The number of carbonyl (C=O) groups excluding carboxylic acids is 2. The Kier molecular flexibility index (Phi) is 6.76. The van der Waals surface area contributed by atoms with E-state index in [1.165, 1.54) is 11.8 Å². The van der Waals surface area contributed by atoms with Crippen LogP contribution < -0.4 is 11.1 Å². The smallest absolute Gasteiger partial charge is 0.318 e. The first-order chi connectivity index (χ1) is 11.6. The minimum atomic E-state index is -0.869. The van der Waals surface area contributed by atoms with Gasteiger partial charge in [-0.05, 0) is 5.56 Å². The molecule has 0 spiro atoms. The maximum absolute atomic E-state index is 11.5. The lowest BCUT2D eigenvalue weighted by atomic mass is 10.1. The number of primary amides is 1. The van der Waals surface area contributed by atoms with E-state index >= 15 is 0 Å². The molecule has 0 bridgehead atoms. The summed E-state index contributed by atoms with van der Waals surface area (Å²) in [5, 5.41) is 11.0. The minimum Gasteiger partial charge on any atom is -0.383 e.